The Kier molecular flexibility index (Phi) is 3.34. The van der Waals surface area contributed by atoms with E-state index in [1.54, 1.807) is 7.11 Å². The van der Waals surface area contributed by atoms with Crippen LogP contribution in [0.3, 0.4) is 0 Å². The van der Waals surface area contributed by atoms with E-state index in [0.29, 0.717) is 5.92 Å². The smallest absolute Gasteiger partial charge is 0.0602 e. The number of nitrogens with two attached hydrogens (primary N) is 1. The first-order valence-corrected chi connectivity index (χ1v) is 5.81. The molecule has 1 unspecified atom stereocenters. The van der Waals surface area contributed by atoms with E-state index in [9.17, 15) is 0 Å². The Hall–Kier alpha value is -1.22. The van der Waals surface area contributed by atoms with E-state index in [0.717, 1.165) is 30.9 Å². The van der Waals surface area contributed by atoms with Crippen molar-refractivity contribution in [1.29, 1.82) is 0 Å². The van der Waals surface area contributed by atoms with Gasteiger partial charge in [-0.15, -0.1) is 0 Å². The lowest BCUT2D eigenvalue weighted by molar-refractivity contribution is 0.161. The molecule has 1 atom stereocenters. The Bertz CT molecular complexity index is 365. The van der Waals surface area contributed by atoms with E-state index in [1.807, 2.05) is 0 Å². The summed E-state index contributed by atoms with van der Waals surface area (Å²) in [5.74, 6) is 0.643. The topological polar surface area (TPSA) is 38.5 Å². The van der Waals surface area contributed by atoms with Crippen molar-refractivity contribution in [3.63, 3.8) is 0 Å². The number of methoxy groups -OCH3 is 1. The van der Waals surface area contributed by atoms with Gasteiger partial charge in [-0.05, 0) is 25.0 Å². The van der Waals surface area contributed by atoms with Crippen LogP contribution in [-0.2, 0) is 4.74 Å². The molecule has 16 heavy (non-hydrogen) atoms. The van der Waals surface area contributed by atoms with Crippen LogP contribution in [0.4, 0.5) is 11.4 Å². The molecule has 1 aromatic rings. The highest BCUT2D eigenvalue weighted by Crippen LogP contribution is 2.30. The fourth-order valence-corrected chi connectivity index (χ4v) is 2.36. The lowest BCUT2D eigenvalue weighted by Gasteiger charge is -2.21. The average Bonchev–Trinajstić information content (AvgIpc) is 2.71. The maximum absolute atomic E-state index is 6.11. The quantitative estimate of drug-likeness (QED) is 0.792. The van der Waals surface area contributed by atoms with Gasteiger partial charge in [0, 0.05) is 26.1 Å². The molecule has 1 aromatic carbocycles. The summed E-state index contributed by atoms with van der Waals surface area (Å²) in [6, 6.07) is 6.24. The molecule has 2 rings (SSSR count). The number of aryl methyl sites for hydroxylation is 1. The summed E-state index contributed by atoms with van der Waals surface area (Å²) in [4.78, 5) is 2.37. The summed E-state index contributed by atoms with van der Waals surface area (Å²) in [7, 11) is 1.77. The molecule has 0 radical (unpaired) electrons. The van der Waals surface area contributed by atoms with Crippen molar-refractivity contribution in [3.8, 4) is 0 Å². The van der Waals surface area contributed by atoms with E-state index in [-0.39, 0.29) is 0 Å². The molecule has 3 heteroatoms. The third-order valence-electron chi connectivity index (χ3n) is 3.33. The fourth-order valence-electron chi connectivity index (χ4n) is 2.36. The first-order chi connectivity index (χ1) is 7.72. The number of benzene rings is 1. The van der Waals surface area contributed by atoms with Crippen LogP contribution in [-0.4, -0.2) is 26.8 Å². The number of hydrogen-bond donors (Lipinski definition) is 1. The van der Waals surface area contributed by atoms with Gasteiger partial charge in [-0.2, -0.15) is 0 Å². The number of ether oxygens (including phenoxy) is 1. The van der Waals surface area contributed by atoms with Crippen LogP contribution in [0.5, 0.6) is 0 Å². The molecule has 0 amide bonds. The summed E-state index contributed by atoms with van der Waals surface area (Å²) in [6.45, 7) is 5.05. The first-order valence-electron chi connectivity index (χ1n) is 5.81. The molecular formula is C13H20N2O. The maximum Gasteiger partial charge on any atom is 0.0602 e. The van der Waals surface area contributed by atoms with Crippen molar-refractivity contribution in [2.24, 2.45) is 5.92 Å². The van der Waals surface area contributed by atoms with Crippen molar-refractivity contribution < 1.29 is 4.74 Å². The van der Waals surface area contributed by atoms with E-state index in [2.05, 4.69) is 30.0 Å². The third kappa shape index (κ3) is 2.14. The van der Waals surface area contributed by atoms with Crippen LogP contribution in [0.2, 0.25) is 0 Å². The zero-order valence-electron chi connectivity index (χ0n) is 10.1. The van der Waals surface area contributed by atoms with Crippen LogP contribution in [0.15, 0.2) is 18.2 Å². The molecule has 0 aliphatic carbocycles. The summed E-state index contributed by atoms with van der Waals surface area (Å²) >= 11 is 0. The molecule has 0 aromatic heterocycles. The fraction of sp³-hybridized carbons (Fsp3) is 0.538. The maximum atomic E-state index is 6.11. The molecule has 1 aliphatic rings. The van der Waals surface area contributed by atoms with Gasteiger partial charge in [-0.25, -0.2) is 0 Å². The first kappa shape index (κ1) is 11.3. The highest BCUT2D eigenvalue weighted by molar-refractivity contribution is 5.71. The average molecular weight is 220 g/mol. The molecule has 2 N–H and O–H groups in total. The van der Waals surface area contributed by atoms with Crippen LogP contribution < -0.4 is 10.6 Å². The minimum atomic E-state index is 0.643. The Morgan fingerprint density at radius 2 is 2.31 bits per heavy atom. The van der Waals surface area contributed by atoms with Crippen LogP contribution in [0, 0.1) is 12.8 Å². The largest absolute Gasteiger partial charge is 0.397 e. The summed E-state index contributed by atoms with van der Waals surface area (Å²) in [6.07, 6.45) is 1.20. The van der Waals surface area contributed by atoms with Crippen LogP contribution in [0.1, 0.15) is 12.0 Å². The Morgan fingerprint density at radius 3 is 3.06 bits per heavy atom. The second-order valence-corrected chi connectivity index (χ2v) is 4.56. The summed E-state index contributed by atoms with van der Waals surface area (Å²) in [5.41, 5.74) is 9.37. The molecule has 0 spiro atoms. The zero-order chi connectivity index (χ0) is 11.5. The van der Waals surface area contributed by atoms with E-state index >= 15 is 0 Å². The molecule has 1 heterocycles. The van der Waals surface area contributed by atoms with Crippen molar-refractivity contribution >= 4 is 11.4 Å². The van der Waals surface area contributed by atoms with E-state index in [4.69, 9.17) is 10.5 Å². The molecule has 1 aliphatic heterocycles. The number of nitrogen functional groups attached to an aromatic ring is 1. The van der Waals surface area contributed by atoms with Crippen molar-refractivity contribution in [3.05, 3.63) is 23.8 Å². The van der Waals surface area contributed by atoms with E-state index in [1.165, 1.54) is 12.1 Å². The predicted octanol–water partition coefficient (Wildman–Crippen LogP) is 2.05. The van der Waals surface area contributed by atoms with Gasteiger partial charge in [0.15, 0.2) is 0 Å². The van der Waals surface area contributed by atoms with Gasteiger partial charge in [0.05, 0.1) is 18.0 Å². The van der Waals surface area contributed by atoms with Crippen molar-refractivity contribution in [2.45, 2.75) is 13.3 Å². The number of hydrogen-bond acceptors (Lipinski definition) is 3. The van der Waals surface area contributed by atoms with Gasteiger partial charge in [0.2, 0.25) is 0 Å². The minimum absolute atomic E-state index is 0.643. The zero-order valence-corrected chi connectivity index (χ0v) is 10.1. The van der Waals surface area contributed by atoms with Crippen LogP contribution >= 0.6 is 0 Å². The lowest BCUT2D eigenvalue weighted by Crippen LogP contribution is -2.22. The lowest BCUT2D eigenvalue weighted by atomic mass is 10.1. The number of anilines is 2. The highest BCUT2D eigenvalue weighted by Gasteiger charge is 2.23. The number of rotatable bonds is 3. The van der Waals surface area contributed by atoms with Gasteiger partial charge in [-0.3, -0.25) is 0 Å². The van der Waals surface area contributed by atoms with Crippen molar-refractivity contribution in [1.82, 2.24) is 0 Å². The van der Waals surface area contributed by atoms with Gasteiger partial charge in [0.25, 0.3) is 0 Å². The molecule has 1 fully saturated rings. The SMILES string of the molecule is COCC1CCN(c2cccc(C)c2N)C1. The standard InChI is InChI=1S/C13H20N2O/c1-10-4-3-5-12(13(10)14)15-7-6-11(8-15)9-16-2/h3-5,11H,6-9,14H2,1-2H3. The molecule has 88 valence electrons. The number of para-hydroxylation sites is 1. The number of nitrogens with zero attached hydrogens (tertiary/aromatic N) is 1. The van der Waals surface area contributed by atoms with Crippen LogP contribution in [0.25, 0.3) is 0 Å². The normalized spacial score (nSPS) is 20.4. The summed E-state index contributed by atoms with van der Waals surface area (Å²) < 4.78 is 5.21. The monoisotopic (exact) mass is 220 g/mol. The van der Waals surface area contributed by atoms with Gasteiger partial charge < -0.3 is 15.4 Å². The highest BCUT2D eigenvalue weighted by atomic mass is 16.5. The minimum Gasteiger partial charge on any atom is -0.397 e. The molecule has 0 saturated carbocycles. The molecule has 1 saturated heterocycles. The van der Waals surface area contributed by atoms with Crippen molar-refractivity contribution in [2.75, 3.05) is 37.4 Å². The molecule has 0 bridgehead atoms. The van der Waals surface area contributed by atoms with Gasteiger partial charge >= 0.3 is 0 Å². The van der Waals surface area contributed by atoms with Gasteiger partial charge in [-0.1, -0.05) is 12.1 Å². The molecular weight excluding hydrogens is 200 g/mol. The second kappa shape index (κ2) is 4.74. The van der Waals surface area contributed by atoms with Gasteiger partial charge in [0.1, 0.15) is 0 Å². The Labute approximate surface area is 97.2 Å². The molecule has 3 nitrogen and oxygen atoms in total. The Balaban J connectivity index is 2.11. The Morgan fingerprint density at radius 1 is 1.50 bits per heavy atom. The third-order valence-corrected chi connectivity index (χ3v) is 3.33. The van der Waals surface area contributed by atoms with E-state index < -0.39 is 0 Å². The second-order valence-electron chi connectivity index (χ2n) is 4.56. The summed E-state index contributed by atoms with van der Waals surface area (Å²) in [5, 5.41) is 0. The predicted molar refractivity (Wildman–Crippen MR) is 67.8 cm³/mol.